The van der Waals surface area contributed by atoms with Crippen molar-refractivity contribution in [1.82, 2.24) is 5.32 Å². The summed E-state index contributed by atoms with van der Waals surface area (Å²) >= 11 is 1.76. The van der Waals surface area contributed by atoms with Crippen LogP contribution < -0.4 is 5.32 Å². The highest BCUT2D eigenvalue weighted by atomic mass is 32.2. The summed E-state index contributed by atoms with van der Waals surface area (Å²) in [5.74, 6) is 1.59. The molecular weight excluding hydrogens is 495 g/mol. The number of rotatable bonds is 26. The summed E-state index contributed by atoms with van der Waals surface area (Å²) in [5.41, 5.74) is 0. The van der Waals surface area contributed by atoms with E-state index in [1.165, 1.54) is 83.5 Å². The second-order valence-corrected chi connectivity index (χ2v) is 13.5. The summed E-state index contributed by atoms with van der Waals surface area (Å²) < 4.78 is 23.1. The quantitative estimate of drug-likeness (QED) is 0.0686. The molecule has 216 valence electrons. The highest BCUT2D eigenvalue weighted by Gasteiger charge is 2.25. The SMILES string of the molecule is CCCCCCCCCCCCCCCCSC[C@H](COP(=O)(O)OCC[N+](C)(C)C)NC(=O)CC. The molecule has 2 N–H and O–H groups in total. The summed E-state index contributed by atoms with van der Waals surface area (Å²) in [4.78, 5) is 21.8. The highest BCUT2D eigenvalue weighted by molar-refractivity contribution is 7.99. The van der Waals surface area contributed by atoms with Crippen LogP contribution in [0.4, 0.5) is 0 Å². The van der Waals surface area contributed by atoms with Crippen LogP contribution in [-0.4, -0.2) is 73.7 Å². The number of quaternary nitrogens is 1. The summed E-state index contributed by atoms with van der Waals surface area (Å²) in [6, 6.07) is -0.309. The van der Waals surface area contributed by atoms with Crippen LogP contribution >= 0.6 is 19.6 Å². The predicted molar refractivity (Wildman–Crippen MR) is 154 cm³/mol. The van der Waals surface area contributed by atoms with Crippen LogP contribution in [0, 0.1) is 0 Å². The largest absolute Gasteiger partial charge is 0.472 e. The molecular formula is C27H58N2O5PS+. The van der Waals surface area contributed by atoms with E-state index in [2.05, 4.69) is 12.2 Å². The van der Waals surface area contributed by atoms with E-state index >= 15 is 0 Å². The van der Waals surface area contributed by atoms with Gasteiger partial charge in [0.15, 0.2) is 0 Å². The van der Waals surface area contributed by atoms with Gasteiger partial charge in [0.1, 0.15) is 13.2 Å². The summed E-state index contributed by atoms with van der Waals surface area (Å²) in [6.45, 7) is 4.76. The van der Waals surface area contributed by atoms with E-state index in [9.17, 15) is 14.3 Å². The van der Waals surface area contributed by atoms with Crippen molar-refractivity contribution < 1.29 is 27.8 Å². The highest BCUT2D eigenvalue weighted by Crippen LogP contribution is 2.43. The number of unbranched alkanes of at least 4 members (excludes halogenated alkanes) is 13. The molecule has 0 saturated heterocycles. The number of phosphoric acid groups is 1. The first kappa shape index (κ1) is 35.9. The van der Waals surface area contributed by atoms with Crippen molar-refractivity contribution in [3.63, 3.8) is 0 Å². The van der Waals surface area contributed by atoms with Crippen LogP contribution in [0.5, 0.6) is 0 Å². The lowest BCUT2D eigenvalue weighted by Gasteiger charge is -2.24. The van der Waals surface area contributed by atoms with Gasteiger partial charge in [-0.2, -0.15) is 11.8 Å². The smallest absolute Gasteiger partial charge is 0.350 e. The molecule has 0 heterocycles. The number of carbonyl (C=O) groups excluding carboxylic acids is 1. The summed E-state index contributed by atoms with van der Waals surface area (Å²) in [7, 11) is 1.82. The fourth-order valence-electron chi connectivity index (χ4n) is 3.74. The summed E-state index contributed by atoms with van der Waals surface area (Å²) in [6.07, 6.45) is 19.2. The van der Waals surface area contributed by atoms with Gasteiger partial charge in [-0.1, -0.05) is 97.3 Å². The Kier molecular flexibility index (Phi) is 22.8. The monoisotopic (exact) mass is 553 g/mol. The van der Waals surface area contributed by atoms with E-state index in [0.29, 0.717) is 23.2 Å². The number of hydrogen-bond acceptors (Lipinski definition) is 5. The Hall–Kier alpha value is -0.110. The minimum atomic E-state index is -4.13. The van der Waals surface area contributed by atoms with Crippen LogP contribution in [0.2, 0.25) is 0 Å². The summed E-state index contributed by atoms with van der Waals surface area (Å²) in [5, 5.41) is 2.90. The van der Waals surface area contributed by atoms with Gasteiger partial charge in [-0.3, -0.25) is 13.8 Å². The predicted octanol–water partition coefficient (Wildman–Crippen LogP) is 6.94. The molecule has 0 fully saturated rings. The molecule has 0 aromatic carbocycles. The molecule has 1 unspecified atom stereocenters. The zero-order chi connectivity index (χ0) is 27.1. The lowest BCUT2D eigenvalue weighted by molar-refractivity contribution is -0.870. The van der Waals surface area contributed by atoms with Crippen molar-refractivity contribution in [2.75, 3.05) is 52.4 Å². The van der Waals surface area contributed by atoms with E-state index in [1.54, 1.807) is 18.7 Å². The molecule has 0 radical (unpaired) electrons. The Bertz CT molecular complexity index is 575. The van der Waals surface area contributed by atoms with Crippen LogP contribution in [0.25, 0.3) is 0 Å². The minimum absolute atomic E-state index is 0.0321. The maximum Gasteiger partial charge on any atom is 0.472 e. The average Bonchev–Trinajstić information content (AvgIpc) is 2.81. The number of nitrogens with one attached hydrogen (secondary N) is 1. The van der Waals surface area contributed by atoms with Crippen LogP contribution in [0.3, 0.4) is 0 Å². The lowest BCUT2D eigenvalue weighted by Crippen LogP contribution is -2.40. The first-order valence-electron chi connectivity index (χ1n) is 14.4. The first-order valence-corrected chi connectivity index (χ1v) is 17.0. The maximum atomic E-state index is 12.2. The molecule has 36 heavy (non-hydrogen) atoms. The third kappa shape index (κ3) is 25.5. The van der Waals surface area contributed by atoms with E-state index in [0.717, 1.165) is 12.2 Å². The second kappa shape index (κ2) is 22.8. The van der Waals surface area contributed by atoms with Crippen molar-refractivity contribution in [3.8, 4) is 0 Å². The molecule has 2 atom stereocenters. The van der Waals surface area contributed by atoms with Gasteiger partial charge >= 0.3 is 7.82 Å². The average molecular weight is 554 g/mol. The van der Waals surface area contributed by atoms with Crippen molar-refractivity contribution in [1.29, 1.82) is 0 Å². The van der Waals surface area contributed by atoms with Gasteiger partial charge in [-0.15, -0.1) is 0 Å². The van der Waals surface area contributed by atoms with Crippen LogP contribution in [0.1, 0.15) is 110 Å². The molecule has 0 rings (SSSR count). The van der Waals surface area contributed by atoms with Crippen molar-refractivity contribution in [2.24, 2.45) is 0 Å². The number of nitrogens with zero attached hydrogens (tertiary/aromatic N) is 1. The third-order valence-electron chi connectivity index (χ3n) is 6.10. The molecule has 1 amide bonds. The van der Waals surface area contributed by atoms with E-state index in [-0.39, 0.29) is 25.2 Å². The zero-order valence-electron chi connectivity index (χ0n) is 24.1. The number of hydrogen-bond donors (Lipinski definition) is 2. The molecule has 0 aromatic rings. The Morgan fingerprint density at radius 2 is 1.36 bits per heavy atom. The minimum Gasteiger partial charge on any atom is -0.350 e. The topological polar surface area (TPSA) is 84.9 Å². The number of likely N-dealkylation sites (N-methyl/N-ethyl adjacent to an activating group) is 1. The van der Waals surface area contributed by atoms with Gasteiger partial charge in [-0.25, -0.2) is 4.57 Å². The number of amides is 1. The molecule has 7 nitrogen and oxygen atoms in total. The van der Waals surface area contributed by atoms with E-state index in [4.69, 9.17) is 9.05 Å². The molecule has 0 aliphatic heterocycles. The first-order chi connectivity index (χ1) is 17.1. The van der Waals surface area contributed by atoms with Gasteiger partial charge in [0.2, 0.25) is 5.91 Å². The standard InChI is InChI=1S/C27H57N2O5PS/c1-6-8-9-10-11-12-13-14-15-16-17-18-19-20-23-36-25-26(28-27(30)7-2)24-34-35(31,32)33-22-21-29(3,4)5/h26H,6-25H2,1-5H3,(H-,28,30,31,32)/p+1/t26-/m0/s1. The Morgan fingerprint density at radius 3 is 1.83 bits per heavy atom. The molecule has 0 aliphatic carbocycles. The fourth-order valence-corrected chi connectivity index (χ4v) is 5.53. The molecule has 0 aliphatic rings. The van der Waals surface area contributed by atoms with E-state index < -0.39 is 7.82 Å². The van der Waals surface area contributed by atoms with Gasteiger partial charge in [0, 0.05) is 12.2 Å². The van der Waals surface area contributed by atoms with Crippen molar-refractivity contribution in [2.45, 2.75) is 116 Å². The molecule has 9 heteroatoms. The molecule has 0 saturated carbocycles. The molecule has 0 spiro atoms. The number of carbonyl (C=O) groups is 1. The second-order valence-electron chi connectivity index (χ2n) is 10.9. The Balaban J connectivity index is 3.88. The van der Waals surface area contributed by atoms with Gasteiger partial charge in [-0.05, 0) is 12.2 Å². The molecule has 0 bridgehead atoms. The van der Waals surface area contributed by atoms with Crippen LogP contribution in [0.15, 0.2) is 0 Å². The van der Waals surface area contributed by atoms with Crippen molar-refractivity contribution in [3.05, 3.63) is 0 Å². The van der Waals surface area contributed by atoms with Crippen LogP contribution in [-0.2, 0) is 18.4 Å². The van der Waals surface area contributed by atoms with Crippen molar-refractivity contribution >= 4 is 25.5 Å². The third-order valence-corrected chi connectivity index (χ3v) is 8.30. The Labute approximate surface area is 227 Å². The van der Waals surface area contributed by atoms with Gasteiger partial charge in [0.05, 0.1) is 33.8 Å². The Morgan fingerprint density at radius 1 is 0.861 bits per heavy atom. The lowest BCUT2D eigenvalue weighted by atomic mass is 10.0. The van der Waals surface area contributed by atoms with Gasteiger partial charge < -0.3 is 14.7 Å². The fraction of sp³-hybridized carbons (Fsp3) is 0.963. The normalized spacial score (nSPS) is 14.5. The molecule has 0 aromatic heterocycles. The number of thioether (sulfide) groups is 1. The zero-order valence-corrected chi connectivity index (χ0v) is 25.8. The van der Waals surface area contributed by atoms with Gasteiger partial charge in [0.25, 0.3) is 0 Å². The number of phosphoric ester groups is 1. The maximum absolute atomic E-state index is 12.2. The van der Waals surface area contributed by atoms with E-state index in [1.807, 2.05) is 21.1 Å².